The van der Waals surface area contributed by atoms with Crippen molar-refractivity contribution in [3.8, 4) is 16.9 Å². The van der Waals surface area contributed by atoms with Crippen LogP contribution in [0.3, 0.4) is 0 Å². The molecule has 1 aliphatic rings. The molecule has 1 aromatic carbocycles. The topological polar surface area (TPSA) is 93.2 Å². The summed E-state index contributed by atoms with van der Waals surface area (Å²) in [7, 11) is 1.39. The quantitative estimate of drug-likeness (QED) is 0.654. The summed E-state index contributed by atoms with van der Waals surface area (Å²) in [6, 6.07) is 9.57. The molecule has 0 radical (unpaired) electrons. The highest BCUT2D eigenvalue weighted by Crippen LogP contribution is 2.29. The largest absolute Gasteiger partial charge is 0.494 e. The Morgan fingerprint density at radius 1 is 1.13 bits per heavy atom. The van der Waals surface area contributed by atoms with Gasteiger partial charge in [0, 0.05) is 35.1 Å². The summed E-state index contributed by atoms with van der Waals surface area (Å²) in [6.07, 6.45) is 6.30. The van der Waals surface area contributed by atoms with Crippen LogP contribution in [-0.2, 0) is 0 Å². The van der Waals surface area contributed by atoms with Crippen LogP contribution in [0.2, 0.25) is 0 Å². The third-order valence-corrected chi connectivity index (χ3v) is 4.66. The highest BCUT2D eigenvalue weighted by molar-refractivity contribution is 6.05. The molecule has 1 fully saturated rings. The molecule has 2 heterocycles. The van der Waals surface area contributed by atoms with E-state index in [-0.39, 0.29) is 29.0 Å². The first-order valence-corrected chi connectivity index (χ1v) is 9.41. The molecule has 0 bridgehead atoms. The fraction of sp³-hybridized carbons (Fsp3) is 0.182. The van der Waals surface area contributed by atoms with Gasteiger partial charge in [0.2, 0.25) is 0 Å². The van der Waals surface area contributed by atoms with Crippen LogP contribution < -0.4 is 15.4 Å². The van der Waals surface area contributed by atoms with Gasteiger partial charge in [-0.25, -0.2) is 4.39 Å². The number of methoxy groups -OCH3 is 1. The zero-order valence-electron chi connectivity index (χ0n) is 16.2. The van der Waals surface area contributed by atoms with Crippen molar-refractivity contribution in [3.05, 3.63) is 72.1 Å². The molecule has 0 atom stereocenters. The second-order valence-corrected chi connectivity index (χ2v) is 6.92. The van der Waals surface area contributed by atoms with E-state index in [0.29, 0.717) is 16.8 Å². The Morgan fingerprint density at radius 2 is 1.97 bits per heavy atom. The zero-order valence-corrected chi connectivity index (χ0v) is 16.2. The van der Waals surface area contributed by atoms with Crippen molar-refractivity contribution in [2.45, 2.75) is 18.9 Å². The SMILES string of the molecule is COc1cccc(-c2cncc(NC(=O)c3ccnc(C(=O)NC4CC4)c3)c2)c1F. The molecule has 1 saturated carbocycles. The summed E-state index contributed by atoms with van der Waals surface area (Å²) in [4.78, 5) is 32.9. The molecule has 3 aromatic rings. The molecule has 152 valence electrons. The van der Waals surface area contributed by atoms with E-state index < -0.39 is 11.7 Å². The number of rotatable bonds is 6. The minimum atomic E-state index is -0.509. The number of benzene rings is 1. The maximum atomic E-state index is 14.5. The number of nitrogens with one attached hydrogen (secondary N) is 2. The third-order valence-electron chi connectivity index (χ3n) is 4.66. The monoisotopic (exact) mass is 406 g/mol. The number of carbonyl (C=O) groups excluding carboxylic acids is 2. The van der Waals surface area contributed by atoms with E-state index in [2.05, 4.69) is 20.6 Å². The standard InChI is InChI=1S/C22H19FN4O3/c1-30-19-4-2-3-17(20(19)23)14-9-16(12-24-11-14)27-21(28)13-7-8-25-18(10-13)22(29)26-15-5-6-15/h2-4,7-12,15H,5-6H2,1H3,(H,26,29)(H,27,28). The summed E-state index contributed by atoms with van der Waals surface area (Å²) in [5, 5.41) is 5.56. The number of hydrogen-bond acceptors (Lipinski definition) is 5. The minimum Gasteiger partial charge on any atom is -0.494 e. The van der Waals surface area contributed by atoms with E-state index in [1.807, 2.05) is 0 Å². The van der Waals surface area contributed by atoms with Gasteiger partial charge >= 0.3 is 0 Å². The number of halogens is 1. The van der Waals surface area contributed by atoms with Crippen LogP contribution >= 0.6 is 0 Å². The van der Waals surface area contributed by atoms with Crippen LogP contribution in [-0.4, -0.2) is 34.9 Å². The van der Waals surface area contributed by atoms with Crippen LogP contribution in [0.25, 0.3) is 11.1 Å². The number of amides is 2. The molecule has 2 N–H and O–H groups in total. The van der Waals surface area contributed by atoms with Crippen molar-refractivity contribution < 1.29 is 18.7 Å². The maximum absolute atomic E-state index is 14.5. The van der Waals surface area contributed by atoms with E-state index in [4.69, 9.17) is 4.74 Å². The number of carbonyl (C=O) groups is 2. The molecule has 7 nitrogen and oxygen atoms in total. The molecule has 4 rings (SSSR count). The molecule has 0 unspecified atom stereocenters. The number of anilines is 1. The van der Waals surface area contributed by atoms with Crippen molar-refractivity contribution in [1.82, 2.24) is 15.3 Å². The molecule has 0 saturated heterocycles. The lowest BCUT2D eigenvalue weighted by atomic mass is 10.1. The van der Waals surface area contributed by atoms with Gasteiger partial charge in [-0.2, -0.15) is 0 Å². The normalized spacial score (nSPS) is 12.9. The third kappa shape index (κ3) is 4.27. The van der Waals surface area contributed by atoms with Crippen molar-refractivity contribution in [2.75, 3.05) is 12.4 Å². The highest BCUT2D eigenvalue weighted by atomic mass is 19.1. The van der Waals surface area contributed by atoms with E-state index >= 15 is 0 Å². The minimum absolute atomic E-state index is 0.121. The molecule has 1 aliphatic carbocycles. The molecular weight excluding hydrogens is 387 g/mol. The van der Waals surface area contributed by atoms with Gasteiger partial charge in [-0.15, -0.1) is 0 Å². The maximum Gasteiger partial charge on any atom is 0.270 e. The Labute approximate surface area is 172 Å². The first-order chi connectivity index (χ1) is 14.5. The number of nitrogens with zero attached hydrogens (tertiary/aromatic N) is 2. The Morgan fingerprint density at radius 3 is 2.73 bits per heavy atom. The van der Waals surface area contributed by atoms with Gasteiger partial charge in [0.15, 0.2) is 11.6 Å². The van der Waals surface area contributed by atoms with Crippen LogP contribution in [0.15, 0.2) is 55.0 Å². The molecule has 0 spiro atoms. The predicted octanol–water partition coefficient (Wildman–Crippen LogP) is 3.44. The van der Waals surface area contributed by atoms with Crippen LogP contribution in [0.4, 0.5) is 10.1 Å². The summed E-state index contributed by atoms with van der Waals surface area (Å²) in [6.45, 7) is 0. The fourth-order valence-corrected chi connectivity index (χ4v) is 2.93. The van der Waals surface area contributed by atoms with Gasteiger partial charge in [-0.05, 0) is 37.1 Å². The Balaban J connectivity index is 1.53. The second kappa shape index (κ2) is 8.28. The van der Waals surface area contributed by atoms with Crippen molar-refractivity contribution in [3.63, 3.8) is 0 Å². The van der Waals surface area contributed by atoms with Crippen LogP contribution in [0.1, 0.15) is 33.7 Å². The number of ether oxygens (including phenoxy) is 1. The molecule has 2 aromatic heterocycles. The smallest absolute Gasteiger partial charge is 0.270 e. The highest BCUT2D eigenvalue weighted by Gasteiger charge is 2.24. The number of pyridine rings is 2. The van der Waals surface area contributed by atoms with Gasteiger partial charge in [0.25, 0.3) is 11.8 Å². The van der Waals surface area contributed by atoms with Crippen LogP contribution in [0, 0.1) is 5.82 Å². The van der Waals surface area contributed by atoms with Crippen molar-refractivity contribution in [1.29, 1.82) is 0 Å². The number of aromatic nitrogens is 2. The zero-order chi connectivity index (χ0) is 21.1. The van der Waals surface area contributed by atoms with Crippen molar-refractivity contribution in [2.24, 2.45) is 0 Å². The van der Waals surface area contributed by atoms with Crippen LogP contribution in [0.5, 0.6) is 5.75 Å². The lowest BCUT2D eigenvalue weighted by Crippen LogP contribution is -2.26. The summed E-state index contributed by atoms with van der Waals surface area (Å²) in [5.41, 5.74) is 1.65. The van der Waals surface area contributed by atoms with E-state index in [1.54, 1.807) is 18.2 Å². The molecule has 2 amide bonds. The van der Waals surface area contributed by atoms with Gasteiger partial charge in [0.05, 0.1) is 19.0 Å². The first kappa shape index (κ1) is 19.5. The number of hydrogen-bond donors (Lipinski definition) is 2. The summed E-state index contributed by atoms with van der Waals surface area (Å²) >= 11 is 0. The summed E-state index contributed by atoms with van der Waals surface area (Å²) in [5.74, 6) is -1.12. The molecular formula is C22H19FN4O3. The fourth-order valence-electron chi connectivity index (χ4n) is 2.93. The Kier molecular flexibility index (Phi) is 5.38. The first-order valence-electron chi connectivity index (χ1n) is 9.41. The summed E-state index contributed by atoms with van der Waals surface area (Å²) < 4.78 is 19.6. The Hall–Kier alpha value is -3.81. The van der Waals surface area contributed by atoms with Gasteiger partial charge in [-0.3, -0.25) is 19.6 Å². The van der Waals surface area contributed by atoms with E-state index in [0.717, 1.165) is 12.8 Å². The Bertz CT molecular complexity index is 1120. The van der Waals surface area contributed by atoms with Gasteiger partial charge < -0.3 is 15.4 Å². The van der Waals surface area contributed by atoms with Gasteiger partial charge in [-0.1, -0.05) is 12.1 Å². The predicted molar refractivity (Wildman–Crippen MR) is 109 cm³/mol. The molecule has 0 aliphatic heterocycles. The van der Waals surface area contributed by atoms with E-state index in [9.17, 15) is 14.0 Å². The van der Waals surface area contributed by atoms with Crippen molar-refractivity contribution >= 4 is 17.5 Å². The lowest BCUT2D eigenvalue weighted by Gasteiger charge is -2.10. The average Bonchev–Trinajstić information content (AvgIpc) is 3.58. The second-order valence-electron chi connectivity index (χ2n) is 6.92. The molecule has 8 heteroatoms. The average molecular weight is 406 g/mol. The molecule has 30 heavy (non-hydrogen) atoms. The van der Waals surface area contributed by atoms with Gasteiger partial charge in [0.1, 0.15) is 5.69 Å². The lowest BCUT2D eigenvalue weighted by molar-refractivity contribution is 0.0946. The van der Waals surface area contributed by atoms with E-state index in [1.165, 1.54) is 43.9 Å².